The summed E-state index contributed by atoms with van der Waals surface area (Å²) in [6.07, 6.45) is 3.30. The molecule has 0 bridgehead atoms. The minimum atomic E-state index is -0.999. The van der Waals surface area contributed by atoms with Crippen LogP contribution in [0.2, 0.25) is 0 Å². The van der Waals surface area contributed by atoms with Crippen molar-refractivity contribution in [3.8, 4) is 5.75 Å². The second-order valence-electron chi connectivity index (χ2n) is 7.44. The van der Waals surface area contributed by atoms with Gasteiger partial charge in [0.15, 0.2) is 0 Å². The summed E-state index contributed by atoms with van der Waals surface area (Å²) in [5.41, 5.74) is 1.79. The average molecular weight is 380 g/mol. The van der Waals surface area contributed by atoms with Gasteiger partial charge in [-0.1, -0.05) is 12.1 Å². The van der Waals surface area contributed by atoms with E-state index in [2.05, 4.69) is 16.3 Å². The molecule has 28 heavy (non-hydrogen) atoms. The van der Waals surface area contributed by atoms with Crippen molar-refractivity contribution in [1.29, 1.82) is 0 Å². The Morgan fingerprint density at radius 3 is 2.43 bits per heavy atom. The Hall–Kier alpha value is -2.86. The summed E-state index contributed by atoms with van der Waals surface area (Å²) in [7, 11) is 1.66. The Morgan fingerprint density at radius 2 is 1.79 bits per heavy atom. The highest BCUT2D eigenvalue weighted by Crippen LogP contribution is 2.41. The molecule has 0 spiro atoms. The number of hydrogen-bond donors (Lipinski definition) is 2. The van der Waals surface area contributed by atoms with Gasteiger partial charge in [-0.25, -0.2) is 4.79 Å². The van der Waals surface area contributed by atoms with Crippen LogP contribution in [0.15, 0.2) is 48.5 Å². The lowest BCUT2D eigenvalue weighted by Crippen LogP contribution is -2.40. The summed E-state index contributed by atoms with van der Waals surface area (Å²) < 4.78 is 5.39. The molecule has 2 aliphatic rings. The molecule has 2 N–H and O–H groups in total. The van der Waals surface area contributed by atoms with Crippen molar-refractivity contribution in [1.82, 2.24) is 10.2 Å². The molecule has 1 aliphatic carbocycles. The van der Waals surface area contributed by atoms with E-state index in [9.17, 15) is 9.59 Å². The molecule has 0 aromatic heterocycles. The van der Waals surface area contributed by atoms with Crippen molar-refractivity contribution in [3.05, 3.63) is 65.2 Å². The maximum Gasteiger partial charge on any atom is 0.335 e. The first-order valence-corrected chi connectivity index (χ1v) is 9.61. The number of likely N-dealkylation sites (tertiary alicyclic amines) is 1. The van der Waals surface area contributed by atoms with Crippen LogP contribution in [0.5, 0.6) is 5.75 Å². The van der Waals surface area contributed by atoms with E-state index < -0.39 is 5.97 Å². The number of carboxylic acids is 1. The van der Waals surface area contributed by atoms with E-state index in [-0.39, 0.29) is 23.6 Å². The number of aromatic carboxylic acids is 1. The molecule has 0 radical (unpaired) electrons. The molecule has 1 saturated heterocycles. The molecule has 2 fully saturated rings. The number of carbonyl (C=O) groups excluding carboxylic acids is 1. The lowest BCUT2D eigenvalue weighted by Gasteiger charge is -2.29. The zero-order valence-corrected chi connectivity index (χ0v) is 15.8. The summed E-state index contributed by atoms with van der Waals surface area (Å²) in [6.45, 7) is 0.954. The van der Waals surface area contributed by atoms with E-state index in [1.807, 2.05) is 18.2 Å². The summed E-state index contributed by atoms with van der Waals surface area (Å²) in [6, 6.07) is 14.8. The van der Waals surface area contributed by atoms with Gasteiger partial charge in [-0.05, 0) is 61.2 Å². The Labute approximate surface area is 164 Å². The number of carbonyl (C=O) groups is 2. The molecule has 2 aromatic carbocycles. The molecule has 1 amide bonds. The van der Waals surface area contributed by atoms with Gasteiger partial charge in [-0.3, -0.25) is 9.69 Å². The van der Waals surface area contributed by atoms with Crippen LogP contribution in [0.3, 0.4) is 0 Å². The third-order valence-electron chi connectivity index (χ3n) is 5.60. The predicted molar refractivity (Wildman–Crippen MR) is 105 cm³/mol. The predicted octanol–water partition coefficient (Wildman–Crippen LogP) is 3.10. The first kappa shape index (κ1) is 18.5. The molecule has 1 aliphatic heterocycles. The number of carboxylic acid groups (broad SMARTS) is 1. The molecule has 6 nitrogen and oxygen atoms in total. The summed E-state index contributed by atoms with van der Waals surface area (Å²) in [5, 5.41) is 12.2. The fraction of sp³-hybridized carbons (Fsp3) is 0.364. The molecule has 1 heterocycles. The van der Waals surface area contributed by atoms with Crippen molar-refractivity contribution < 1.29 is 19.4 Å². The number of amides is 1. The van der Waals surface area contributed by atoms with E-state index >= 15 is 0 Å². The molecule has 2 aromatic rings. The largest absolute Gasteiger partial charge is 0.497 e. The summed E-state index contributed by atoms with van der Waals surface area (Å²) in [4.78, 5) is 26.3. The zero-order valence-electron chi connectivity index (χ0n) is 15.8. The van der Waals surface area contributed by atoms with E-state index in [4.69, 9.17) is 9.84 Å². The van der Waals surface area contributed by atoms with Gasteiger partial charge in [-0.15, -0.1) is 0 Å². The first-order chi connectivity index (χ1) is 13.6. The van der Waals surface area contributed by atoms with Gasteiger partial charge in [0.25, 0.3) is 5.91 Å². The Morgan fingerprint density at radius 1 is 1.07 bits per heavy atom. The Kier molecular flexibility index (Phi) is 5.05. The number of ether oxygens (including phenoxy) is 1. The van der Waals surface area contributed by atoms with Gasteiger partial charge in [0, 0.05) is 18.2 Å². The molecule has 6 heteroatoms. The fourth-order valence-corrected chi connectivity index (χ4v) is 4.05. The molecular formula is C22H24N2O4. The fourth-order valence-electron chi connectivity index (χ4n) is 4.05. The van der Waals surface area contributed by atoms with Crippen LogP contribution < -0.4 is 10.1 Å². The molecule has 4 rings (SSSR count). The van der Waals surface area contributed by atoms with Crippen LogP contribution in [0.25, 0.3) is 0 Å². The second kappa shape index (κ2) is 7.64. The molecular weight excluding hydrogens is 356 g/mol. The van der Waals surface area contributed by atoms with Crippen molar-refractivity contribution in [3.63, 3.8) is 0 Å². The first-order valence-electron chi connectivity index (χ1n) is 9.61. The topological polar surface area (TPSA) is 78.9 Å². The van der Waals surface area contributed by atoms with Crippen LogP contribution in [-0.2, 0) is 0 Å². The van der Waals surface area contributed by atoms with Gasteiger partial charge in [0.05, 0.1) is 24.8 Å². The van der Waals surface area contributed by atoms with Gasteiger partial charge in [0.2, 0.25) is 0 Å². The summed E-state index contributed by atoms with van der Waals surface area (Å²) in [5.74, 6) is -0.358. The normalized spacial score (nSPS) is 22.0. The van der Waals surface area contributed by atoms with Crippen molar-refractivity contribution in [2.75, 3.05) is 13.7 Å². The van der Waals surface area contributed by atoms with Gasteiger partial charge >= 0.3 is 5.97 Å². The minimum absolute atomic E-state index is 0.000596. The standard InChI is InChI=1S/C22H24N2O4/c1-28-18-4-2-3-16(13-18)20-19(11-12-24(20)17-9-10-17)23-21(25)14-5-7-15(8-6-14)22(26)27/h2-8,13,17,19-20H,9-12H2,1H3,(H,23,25)(H,26,27). The van der Waals surface area contributed by atoms with Crippen LogP contribution in [0.1, 0.15) is 51.6 Å². The van der Waals surface area contributed by atoms with E-state index in [1.165, 1.54) is 25.0 Å². The van der Waals surface area contributed by atoms with Crippen molar-refractivity contribution >= 4 is 11.9 Å². The highest BCUT2D eigenvalue weighted by Gasteiger charge is 2.43. The third-order valence-corrected chi connectivity index (χ3v) is 5.60. The van der Waals surface area contributed by atoms with Gasteiger partial charge in [0.1, 0.15) is 5.75 Å². The molecule has 2 unspecified atom stereocenters. The quantitative estimate of drug-likeness (QED) is 0.805. The number of nitrogens with zero attached hydrogens (tertiary/aromatic N) is 1. The highest BCUT2D eigenvalue weighted by atomic mass is 16.5. The lowest BCUT2D eigenvalue weighted by molar-refractivity contribution is 0.0696. The maximum atomic E-state index is 12.8. The van der Waals surface area contributed by atoms with E-state index in [0.717, 1.165) is 24.3 Å². The van der Waals surface area contributed by atoms with Crippen LogP contribution in [0.4, 0.5) is 0 Å². The van der Waals surface area contributed by atoms with Crippen LogP contribution >= 0.6 is 0 Å². The zero-order chi connectivity index (χ0) is 19.7. The van der Waals surface area contributed by atoms with Crippen molar-refractivity contribution in [2.24, 2.45) is 0 Å². The molecule has 1 saturated carbocycles. The smallest absolute Gasteiger partial charge is 0.335 e. The van der Waals surface area contributed by atoms with E-state index in [1.54, 1.807) is 19.2 Å². The lowest BCUT2D eigenvalue weighted by atomic mass is 9.99. The van der Waals surface area contributed by atoms with Crippen molar-refractivity contribution in [2.45, 2.75) is 37.4 Å². The number of nitrogens with one attached hydrogen (secondary N) is 1. The van der Waals surface area contributed by atoms with E-state index in [0.29, 0.717) is 11.6 Å². The number of rotatable bonds is 6. The van der Waals surface area contributed by atoms with Crippen LogP contribution in [0, 0.1) is 0 Å². The maximum absolute atomic E-state index is 12.8. The Bertz CT molecular complexity index is 876. The SMILES string of the molecule is COc1cccc(C2C(NC(=O)c3ccc(C(=O)O)cc3)CCN2C2CC2)c1. The summed E-state index contributed by atoms with van der Waals surface area (Å²) >= 11 is 0. The average Bonchev–Trinajstić information content (AvgIpc) is 3.48. The molecule has 2 atom stereocenters. The minimum Gasteiger partial charge on any atom is -0.497 e. The third kappa shape index (κ3) is 3.73. The number of methoxy groups -OCH3 is 1. The second-order valence-corrected chi connectivity index (χ2v) is 7.44. The monoisotopic (exact) mass is 380 g/mol. The molecule has 146 valence electrons. The van der Waals surface area contributed by atoms with Gasteiger partial charge < -0.3 is 15.2 Å². The highest BCUT2D eigenvalue weighted by molar-refractivity contribution is 5.96. The van der Waals surface area contributed by atoms with Gasteiger partial charge in [-0.2, -0.15) is 0 Å². The number of benzene rings is 2. The number of hydrogen-bond acceptors (Lipinski definition) is 4. The Balaban J connectivity index is 1.54. The van der Waals surface area contributed by atoms with Crippen LogP contribution in [-0.4, -0.2) is 47.6 Å².